The zero-order valence-corrected chi connectivity index (χ0v) is 19.8. The van der Waals surface area contributed by atoms with E-state index < -0.39 is 0 Å². The summed E-state index contributed by atoms with van der Waals surface area (Å²) >= 11 is 0. The molecular weight excluding hydrogens is 400 g/mol. The van der Waals surface area contributed by atoms with E-state index in [1.807, 2.05) is 45.9 Å². The standard InChI is InChI=1S/C28H30O4/c1-17-13-23(14-18(2)25(17)31-21(5)29)28(6,7)24-15-19(3)26(20(4)16-24)32-27(30)22-11-9-8-10-12-22/h8-16H,1-7H3. The van der Waals surface area contributed by atoms with Gasteiger partial charge in [-0.3, -0.25) is 4.79 Å². The Kier molecular flexibility index (Phi) is 6.54. The van der Waals surface area contributed by atoms with Crippen LogP contribution in [0, 0.1) is 27.7 Å². The third kappa shape index (κ3) is 4.75. The summed E-state index contributed by atoms with van der Waals surface area (Å²) in [5.74, 6) is 0.523. The third-order valence-corrected chi connectivity index (χ3v) is 5.81. The van der Waals surface area contributed by atoms with Gasteiger partial charge in [-0.25, -0.2) is 4.79 Å². The molecule has 4 nitrogen and oxygen atoms in total. The van der Waals surface area contributed by atoms with Gasteiger partial charge < -0.3 is 9.47 Å². The van der Waals surface area contributed by atoms with E-state index in [1.54, 1.807) is 12.1 Å². The Morgan fingerprint density at radius 2 is 1.09 bits per heavy atom. The quantitative estimate of drug-likeness (QED) is 0.348. The van der Waals surface area contributed by atoms with E-state index in [4.69, 9.17) is 9.47 Å². The fourth-order valence-electron chi connectivity index (χ4n) is 3.98. The fourth-order valence-corrected chi connectivity index (χ4v) is 3.98. The van der Waals surface area contributed by atoms with Crippen LogP contribution < -0.4 is 9.47 Å². The van der Waals surface area contributed by atoms with Crippen molar-refractivity contribution in [1.29, 1.82) is 0 Å². The molecule has 3 aromatic rings. The lowest BCUT2D eigenvalue weighted by atomic mass is 9.76. The molecule has 0 amide bonds. The minimum atomic E-state index is -0.365. The summed E-state index contributed by atoms with van der Waals surface area (Å²) in [5.41, 5.74) is 6.11. The Hall–Kier alpha value is -3.40. The second-order valence-corrected chi connectivity index (χ2v) is 8.85. The average Bonchev–Trinajstić information content (AvgIpc) is 2.73. The third-order valence-electron chi connectivity index (χ3n) is 5.81. The molecule has 0 bridgehead atoms. The van der Waals surface area contributed by atoms with E-state index in [2.05, 4.69) is 38.1 Å². The smallest absolute Gasteiger partial charge is 0.343 e. The second kappa shape index (κ2) is 8.99. The number of hydrogen-bond donors (Lipinski definition) is 0. The highest BCUT2D eigenvalue weighted by molar-refractivity contribution is 5.91. The topological polar surface area (TPSA) is 52.6 Å². The van der Waals surface area contributed by atoms with Gasteiger partial charge in [0, 0.05) is 12.3 Å². The molecule has 3 aromatic carbocycles. The molecule has 0 saturated carbocycles. The fraction of sp³-hybridized carbons (Fsp3) is 0.286. The highest BCUT2D eigenvalue weighted by Gasteiger charge is 2.27. The lowest BCUT2D eigenvalue weighted by molar-refractivity contribution is -0.131. The summed E-state index contributed by atoms with van der Waals surface area (Å²) in [6, 6.07) is 17.3. The van der Waals surface area contributed by atoms with Crippen molar-refractivity contribution >= 4 is 11.9 Å². The lowest BCUT2D eigenvalue weighted by Gasteiger charge is -2.29. The van der Waals surface area contributed by atoms with Crippen LogP contribution in [0.15, 0.2) is 54.6 Å². The molecule has 0 aliphatic rings. The molecule has 32 heavy (non-hydrogen) atoms. The Bertz CT molecular complexity index is 1130. The van der Waals surface area contributed by atoms with Crippen molar-refractivity contribution in [3.8, 4) is 11.5 Å². The van der Waals surface area contributed by atoms with Crippen LogP contribution in [-0.4, -0.2) is 11.9 Å². The SMILES string of the molecule is CC(=O)Oc1c(C)cc(C(C)(C)c2cc(C)c(OC(=O)c3ccccc3)c(C)c2)cc1C. The number of hydrogen-bond acceptors (Lipinski definition) is 4. The minimum absolute atomic E-state index is 0.304. The number of carbonyl (C=O) groups excluding carboxylic acids is 2. The molecule has 0 radical (unpaired) electrons. The van der Waals surface area contributed by atoms with Crippen LogP contribution in [0.5, 0.6) is 11.5 Å². The first-order valence-electron chi connectivity index (χ1n) is 10.7. The summed E-state index contributed by atoms with van der Waals surface area (Å²) in [6.45, 7) is 13.6. The average molecular weight is 431 g/mol. The van der Waals surface area contributed by atoms with Crippen molar-refractivity contribution in [3.05, 3.63) is 93.5 Å². The first-order valence-corrected chi connectivity index (χ1v) is 10.7. The zero-order valence-electron chi connectivity index (χ0n) is 19.8. The summed E-state index contributed by atoms with van der Waals surface area (Å²) in [4.78, 5) is 24.0. The van der Waals surface area contributed by atoms with Gasteiger partial charge in [-0.1, -0.05) is 56.3 Å². The van der Waals surface area contributed by atoms with Crippen molar-refractivity contribution in [2.24, 2.45) is 0 Å². The second-order valence-electron chi connectivity index (χ2n) is 8.85. The number of aryl methyl sites for hydroxylation is 4. The van der Waals surface area contributed by atoms with Crippen LogP contribution >= 0.6 is 0 Å². The first kappa shape index (κ1) is 23.3. The van der Waals surface area contributed by atoms with Crippen molar-refractivity contribution in [1.82, 2.24) is 0 Å². The maximum absolute atomic E-state index is 12.5. The maximum Gasteiger partial charge on any atom is 0.343 e. The molecule has 0 N–H and O–H groups in total. The Morgan fingerprint density at radius 3 is 1.50 bits per heavy atom. The van der Waals surface area contributed by atoms with Gasteiger partial charge in [0.05, 0.1) is 5.56 Å². The van der Waals surface area contributed by atoms with E-state index in [9.17, 15) is 9.59 Å². The van der Waals surface area contributed by atoms with E-state index in [1.165, 1.54) is 6.92 Å². The number of rotatable bonds is 5. The predicted molar refractivity (Wildman–Crippen MR) is 127 cm³/mol. The number of benzene rings is 3. The molecule has 0 aliphatic carbocycles. The molecule has 166 valence electrons. The van der Waals surface area contributed by atoms with Crippen LogP contribution in [0.2, 0.25) is 0 Å². The van der Waals surface area contributed by atoms with Crippen LogP contribution in [0.1, 0.15) is 64.5 Å². The monoisotopic (exact) mass is 430 g/mol. The van der Waals surface area contributed by atoms with Gasteiger partial charge in [0.1, 0.15) is 11.5 Å². The predicted octanol–water partition coefficient (Wildman–Crippen LogP) is 6.39. The zero-order chi connectivity index (χ0) is 23.6. The van der Waals surface area contributed by atoms with Crippen molar-refractivity contribution in [2.75, 3.05) is 0 Å². The van der Waals surface area contributed by atoms with Gasteiger partial charge in [-0.05, 0) is 73.2 Å². The maximum atomic E-state index is 12.5. The van der Waals surface area contributed by atoms with Gasteiger partial charge in [0.25, 0.3) is 0 Å². The molecule has 0 unspecified atom stereocenters. The van der Waals surface area contributed by atoms with Crippen LogP contribution in [-0.2, 0) is 10.2 Å². The normalized spacial score (nSPS) is 11.2. The highest BCUT2D eigenvalue weighted by atomic mass is 16.5. The van der Waals surface area contributed by atoms with Gasteiger partial charge in [0.2, 0.25) is 0 Å². The first-order chi connectivity index (χ1) is 15.0. The molecule has 0 saturated heterocycles. The van der Waals surface area contributed by atoms with Crippen LogP contribution in [0.3, 0.4) is 0 Å². The largest absolute Gasteiger partial charge is 0.426 e. The van der Waals surface area contributed by atoms with Crippen LogP contribution in [0.25, 0.3) is 0 Å². The molecule has 0 heterocycles. The molecule has 0 fully saturated rings. The van der Waals surface area contributed by atoms with E-state index >= 15 is 0 Å². The van der Waals surface area contributed by atoms with E-state index in [-0.39, 0.29) is 17.4 Å². The summed E-state index contributed by atoms with van der Waals surface area (Å²) < 4.78 is 11.1. The molecule has 3 rings (SSSR count). The van der Waals surface area contributed by atoms with Gasteiger partial charge in [-0.2, -0.15) is 0 Å². The molecule has 0 atom stereocenters. The van der Waals surface area contributed by atoms with Gasteiger partial charge in [-0.15, -0.1) is 0 Å². The van der Waals surface area contributed by atoms with Gasteiger partial charge in [0.15, 0.2) is 0 Å². The number of esters is 2. The summed E-state index contributed by atoms with van der Waals surface area (Å²) in [5, 5.41) is 0. The summed E-state index contributed by atoms with van der Waals surface area (Å²) in [7, 11) is 0. The molecule has 0 aliphatic heterocycles. The Morgan fingerprint density at radius 1 is 0.688 bits per heavy atom. The molecule has 0 spiro atoms. The van der Waals surface area contributed by atoms with E-state index in [0.717, 1.165) is 33.4 Å². The van der Waals surface area contributed by atoms with Gasteiger partial charge >= 0.3 is 11.9 Å². The number of ether oxygens (including phenoxy) is 2. The lowest BCUT2D eigenvalue weighted by Crippen LogP contribution is -2.21. The van der Waals surface area contributed by atoms with E-state index in [0.29, 0.717) is 17.1 Å². The Balaban J connectivity index is 1.96. The molecular formula is C28H30O4. The van der Waals surface area contributed by atoms with Crippen molar-refractivity contribution < 1.29 is 19.1 Å². The number of carbonyl (C=O) groups is 2. The van der Waals surface area contributed by atoms with Crippen molar-refractivity contribution in [3.63, 3.8) is 0 Å². The van der Waals surface area contributed by atoms with Crippen molar-refractivity contribution in [2.45, 2.75) is 53.9 Å². The highest BCUT2D eigenvalue weighted by Crippen LogP contribution is 2.38. The minimum Gasteiger partial charge on any atom is -0.426 e. The molecule has 4 heteroatoms. The summed E-state index contributed by atoms with van der Waals surface area (Å²) in [6.07, 6.45) is 0. The van der Waals surface area contributed by atoms with Crippen LogP contribution in [0.4, 0.5) is 0 Å². The molecule has 0 aromatic heterocycles. The Labute approximate surface area is 190 Å².